The summed E-state index contributed by atoms with van der Waals surface area (Å²) in [6.45, 7) is 0.261. The minimum absolute atomic E-state index is 0.0448. The first-order chi connectivity index (χ1) is 10.1. The van der Waals surface area contributed by atoms with Crippen LogP contribution in [0.15, 0.2) is 54.6 Å². The predicted octanol–water partition coefficient (Wildman–Crippen LogP) is 3.68. The molecule has 0 N–H and O–H groups in total. The van der Waals surface area contributed by atoms with Gasteiger partial charge in [-0.1, -0.05) is 42.5 Å². The highest BCUT2D eigenvalue weighted by Crippen LogP contribution is 2.47. The molecule has 0 unspecified atom stereocenters. The molecule has 2 nitrogen and oxygen atoms in total. The summed E-state index contributed by atoms with van der Waals surface area (Å²) in [4.78, 5) is 14.1. The Kier molecular flexibility index (Phi) is 2.64. The van der Waals surface area contributed by atoms with Crippen molar-refractivity contribution >= 4 is 5.91 Å². The van der Waals surface area contributed by atoms with E-state index in [1.165, 1.54) is 0 Å². The van der Waals surface area contributed by atoms with E-state index in [0.717, 1.165) is 11.1 Å². The van der Waals surface area contributed by atoms with E-state index in [-0.39, 0.29) is 18.5 Å². The number of hydrogen-bond acceptors (Lipinski definition) is 1. The Balaban J connectivity index is 1.56. The molecule has 0 aromatic heterocycles. The number of benzene rings is 2. The van der Waals surface area contributed by atoms with Gasteiger partial charge in [-0.25, -0.2) is 4.39 Å². The van der Waals surface area contributed by atoms with Gasteiger partial charge in [0.05, 0.1) is 6.54 Å². The summed E-state index contributed by atoms with van der Waals surface area (Å²) in [5.41, 5.74) is 1.75. The lowest BCUT2D eigenvalue weighted by molar-refractivity contribution is 0.0733. The molecule has 3 fully saturated rings. The van der Waals surface area contributed by atoms with E-state index in [2.05, 4.69) is 0 Å². The lowest BCUT2D eigenvalue weighted by Crippen LogP contribution is -2.37. The molecule has 106 valence electrons. The second kappa shape index (κ2) is 4.42. The highest BCUT2D eigenvalue weighted by atomic mass is 19.1. The summed E-state index contributed by atoms with van der Waals surface area (Å²) in [5.74, 6) is -0.0448. The van der Waals surface area contributed by atoms with E-state index in [0.29, 0.717) is 18.4 Å². The number of amides is 1. The summed E-state index contributed by atoms with van der Waals surface area (Å²) in [5, 5.41) is 0. The third-order valence-electron chi connectivity index (χ3n) is 4.60. The van der Waals surface area contributed by atoms with Crippen LogP contribution in [0.4, 0.5) is 4.39 Å². The maximum absolute atomic E-state index is 13.9. The van der Waals surface area contributed by atoms with Gasteiger partial charge in [-0.2, -0.15) is 0 Å². The summed E-state index contributed by atoms with van der Waals surface area (Å²) >= 11 is 0. The van der Waals surface area contributed by atoms with Crippen LogP contribution in [-0.4, -0.2) is 29.1 Å². The second-order valence-electron chi connectivity index (χ2n) is 6.09. The van der Waals surface area contributed by atoms with Crippen LogP contribution in [0.3, 0.4) is 0 Å². The fourth-order valence-electron chi connectivity index (χ4n) is 3.41. The molecule has 21 heavy (non-hydrogen) atoms. The molecule has 1 saturated carbocycles. The maximum Gasteiger partial charge on any atom is 0.254 e. The van der Waals surface area contributed by atoms with Gasteiger partial charge < -0.3 is 4.90 Å². The van der Waals surface area contributed by atoms with Gasteiger partial charge in [-0.15, -0.1) is 0 Å². The molecule has 0 atom stereocenters. The van der Waals surface area contributed by atoms with Crippen molar-refractivity contribution in [1.82, 2.24) is 4.90 Å². The predicted molar refractivity (Wildman–Crippen MR) is 79.8 cm³/mol. The quantitative estimate of drug-likeness (QED) is 0.822. The molecule has 3 aliphatic rings. The van der Waals surface area contributed by atoms with Crippen molar-refractivity contribution < 1.29 is 9.18 Å². The van der Waals surface area contributed by atoms with E-state index in [4.69, 9.17) is 0 Å². The molecule has 2 aromatic carbocycles. The zero-order valence-corrected chi connectivity index (χ0v) is 11.6. The Morgan fingerprint density at radius 3 is 2.19 bits per heavy atom. The first kappa shape index (κ1) is 12.6. The molecule has 2 aromatic rings. The largest absolute Gasteiger partial charge is 0.332 e. The van der Waals surface area contributed by atoms with Crippen molar-refractivity contribution in [2.75, 3.05) is 6.54 Å². The lowest BCUT2D eigenvalue weighted by atomic mass is 9.83. The molecule has 2 bridgehead atoms. The topological polar surface area (TPSA) is 20.3 Å². The van der Waals surface area contributed by atoms with Gasteiger partial charge in [-0.05, 0) is 23.3 Å². The molecule has 1 aliphatic carbocycles. The lowest BCUT2D eigenvalue weighted by Gasteiger charge is -2.29. The molecular formula is C18H16FNO. The number of rotatable bonds is 2. The standard InChI is InChI=1S/C18H16FNO/c19-18-10-16(11-18)20(12-18)17(21)15-8-6-14(7-9-15)13-4-2-1-3-5-13/h1-9,16H,10-12H2. The molecular weight excluding hydrogens is 265 g/mol. The number of hydrogen-bond donors (Lipinski definition) is 0. The number of halogens is 1. The SMILES string of the molecule is O=C(c1ccc(-c2ccccc2)cc1)N1CC2(F)CC1C2. The van der Waals surface area contributed by atoms with Crippen LogP contribution in [-0.2, 0) is 0 Å². The van der Waals surface area contributed by atoms with Crippen LogP contribution in [0.2, 0.25) is 0 Å². The maximum atomic E-state index is 13.9. The van der Waals surface area contributed by atoms with Crippen molar-refractivity contribution in [2.24, 2.45) is 0 Å². The Morgan fingerprint density at radius 1 is 1.00 bits per heavy atom. The average Bonchev–Trinajstić information content (AvgIpc) is 3.01. The molecule has 0 spiro atoms. The van der Waals surface area contributed by atoms with E-state index in [9.17, 15) is 9.18 Å². The van der Waals surface area contributed by atoms with Crippen LogP contribution in [0.1, 0.15) is 23.2 Å². The normalized spacial score (nSPS) is 26.5. The van der Waals surface area contributed by atoms with E-state index in [1.807, 2.05) is 54.6 Å². The summed E-state index contributed by atoms with van der Waals surface area (Å²) < 4.78 is 13.9. The van der Waals surface area contributed by atoms with Crippen molar-refractivity contribution in [3.05, 3.63) is 60.2 Å². The average molecular weight is 281 g/mol. The van der Waals surface area contributed by atoms with Crippen LogP contribution < -0.4 is 0 Å². The van der Waals surface area contributed by atoms with Crippen molar-refractivity contribution in [1.29, 1.82) is 0 Å². The first-order valence-corrected chi connectivity index (χ1v) is 7.30. The van der Waals surface area contributed by atoms with Gasteiger partial charge in [-0.3, -0.25) is 4.79 Å². The van der Waals surface area contributed by atoms with Crippen molar-refractivity contribution in [3.63, 3.8) is 0 Å². The van der Waals surface area contributed by atoms with Gasteiger partial charge in [0, 0.05) is 24.4 Å². The van der Waals surface area contributed by atoms with Crippen molar-refractivity contribution in [3.8, 4) is 11.1 Å². The molecule has 3 heteroatoms. The molecule has 5 rings (SSSR count). The molecule has 2 aliphatic heterocycles. The third kappa shape index (κ3) is 2.04. The highest BCUT2D eigenvalue weighted by molar-refractivity contribution is 5.95. The van der Waals surface area contributed by atoms with Crippen LogP contribution in [0, 0.1) is 0 Å². The van der Waals surface area contributed by atoms with Crippen LogP contribution in [0.5, 0.6) is 0 Å². The second-order valence-corrected chi connectivity index (χ2v) is 6.09. The van der Waals surface area contributed by atoms with E-state index < -0.39 is 5.67 Å². The first-order valence-electron chi connectivity index (χ1n) is 7.30. The van der Waals surface area contributed by atoms with E-state index >= 15 is 0 Å². The van der Waals surface area contributed by atoms with E-state index in [1.54, 1.807) is 4.90 Å². The van der Waals surface area contributed by atoms with Gasteiger partial charge >= 0.3 is 0 Å². The highest BCUT2D eigenvalue weighted by Gasteiger charge is 2.57. The van der Waals surface area contributed by atoms with Crippen LogP contribution >= 0.6 is 0 Å². The van der Waals surface area contributed by atoms with Gasteiger partial charge in [0.15, 0.2) is 0 Å². The van der Waals surface area contributed by atoms with Gasteiger partial charge in [0.25, 0.3) is 5.91 Å². The Labute approximate surface area is 123 Å². The zero-order valence-electron chi connectivity index (χ0n) is 11.6. The number of carbonyl (C=O) groups excluding carboxylic acids is 1. The Morgan fingerprint density at radius 2 is 1.62 bits per heavy atom. The van der Waals surface area contributed by atoms with Gasteiger partial charge in [0.2, 0.25) is 0 Å². The molecule has 1 amide bonds. The monoisotopic (exact) mass is 281 g/mol. The smallest absolute Gasteiger partial charge is 0.254 e. The molecule has 0 radical (unpaired) electrons. The van der Waals surface area contributed by atoms with Crippen LogP contribution in [0.25, 0.3) is 11.1 Å². The summed E-state index contributed by atoms with van der Waals surface area (Å²) in [6, 6.07) is 17.7. The summed E-state index contributed by atoms with van der Waals surface area (Å²) in [6.07, 6.45) is 1.03. The molecule has 2 heterocycles. The zero-order chi connectivity index (χ0) is 14.4. The van der Waals surface area contributed by atoms with Crippen molar-refractivity contribution in [2.45, 2.75) is 24.6 Å². The number of carbonyl (C=O) groups is 1. The Bertz CT molecular complexity index is 674. The fraction of sp³-hybridized carbons (Fsp3) is 0.278. The number of alkyl halides is 1. The van der Waals surface area contributed by atoms with Gasteiger partial charge in [0.1, 0.15) is 5.67 Å². The fourth-order valence-corrected chi connectivity index (χ4v) is 3.41. The third-order valence-corrected chi connectivity index (χ3v) is 4.60. The number of fused-ring (bicyclic) bond motifs is 1. The summed E-state index contributed by atoms with van der Waals surface area (Å²) in [7, 11) is 0. The Hall–Kier alpha value is -2.16. The minimum Gasteiger partial charge on any atom is -0.332 e. The minimum atomic E-state index is -1.11. The number of nitrogens with zero attached hydrogens (tertiary/aromatic N) is 1. The molecule has 2 saturated heterocycles.